The van der Waals surface area contributed by atoms with E-state index in [1.165, 1.54) is 6.08 Å². The maximum Gasteiger partial charge on any atom is 0.328 e. The van der Waals surface area contributed by atoms with Crippen molar-refractivity contribution in [1.82, 2.24) is 9.88 Å². The number of carboxylic acid groups (broad SMARTS) is 1. The summed E-state index contributed by atoms with van der Waals surface area (Å²) in [5.74, 6) is -0.921. The molecule has 0 saturated heterocycles. The molecule has 1 heterocycles. The molecule has 0 spiro atoms. The number of carbonyl (C=O) groups is 1. The van der Waals surface area contributed by atoms with E-state index in [-0.39, 0.29) is 0 Å². The first kappa shape index (κ1) is 14.9. The zero-order valence-corrected chi connectivity index (χ0v) is 12.0. The van der Waals surface area contributed by atoms with Crippen molar-refractivity contribution in [3.05, 3.63) is 21.7 Å². The Hall–Kier alpha value is -1.20. The largest absolute Gasteiger partial charge is 0.478 e. The van der Waals surface area contributed by atoms with Crippen LogP contribution < -0.4 is 0 Å². The zero-order valence-electron chi connectivity index (χ0n) is 11.1. The smallest absolute Gasteiger partial charge is 0.328 e. The second-order valence-corrected chi connectivity index (χ2v) is 5.02. The number of rotatable bonds is 7. The van der Waals surface area contributed by atoms with Crippen LogP contribution in [-0.4, -0.2) is 34.0 Å². The molecule has 1 aromatic rings. The minimum absolute atomic E-state index is 0.827. The Morgan fingerprint density at radius 2 is 2.06 bits per heavy atom. The highest BCUT2D eigenvalue weighted by Crippen LogP contribution is 2.22. The van der Waals surface area contributed by atoms with Crippen LogP contribution in [0.5, 0.6) is 0 Å². The number of aromatic nitrogens is 1. The van der Waals surface area contributed by atoms with Gasteiger partial charge in [-0.05, 0) is 25.6 Å². The van der Waals surface area contributed by atoms with E-state index in [1.807, 2.05) is 6.92 Å². The molecule has 0 radical (unpaired) electrons. The third kappa shape index (κ3) is 4.23. The van der Waals surface area contributed by atoms with E-state index in [2.05, 4.69) is 23.7 Å². The van der Waals surface area contributed by atoms with Gasteiger partial charge < -0.3 is 5.11 Å². The SMILES string of the molecule is CCc1nc(CN(CC)CC)sc1/C=C/C(=O)O. The Bertz CT molecular complexity index is 423. The molecule has 0 aliphatic heterocycles. The summed E-state index contributed by atoms with van der Waals surface area (Å²) < 4.78 is 0. The maximum absolute atomic E-state index is 10.5. The number of thiazole rings is 1. The molecule has 18 heavy (non-hydrogen) atoms. The Balaban J connectivity index is 2.86. The molecule has 0 aliphatic rings. The van der Waals surface area contributed by atoms with Crippen molar-refractivity contribution in [3.8, 4) is 0 Å². The summed E-state index contributed by atoms with van der Waals surface area (Å²) >= 11 is 1.58. The van der Waals surface area contributed by atoms with Crippen LogP contribution in [0.15, 0.2) is 6.08 Å². The van der Waals surface area contributed by atoms with Gasteiger partial charge in [0.1, 0.15) is 5.01 Å². The fourth-order valence-electron chi connectivity index (χ4n) is 1.65. The molecule has 1 rings (SSSR count). The number of hydrogen-bond donors (Lipinski definition) is 1. The highest BCUT2D eigenvalue weighted by molar-refractivity contribution is 7.12. The number of aliphatic carboxylic acids is 1. The summed E-state index contributed by atoms with van der Waals surface area (Å²) in [6, 6.07) is 0. The Labute approximate surface area is 112 Å². The highest BCUT2D eigenvalue weighted by Gasteiger charge is 2.10. The van der Waals surface area contributed by atoms with Crippen LogP contribution in [0.1, 0.15) is 36.3 Å². The molecular formula is C13H20N2O2S. The lowest BCUT2D eigenvalue weighted by atomic mass is 10.3. The van der Waals surface area contributed by atoms with Crippen LogP contribution >= 0.6 is 11.3 Å². The summed E-state index contributed by atoms with van der Waals surface area (Å²) in [6.07, 6.45) is 3.65. The molecule has 0 atom stereocenters. The molecule has 0 aliphatic carbocycles. The van der Waals surface area contributed by atoms with Gasteiger partial charge in [-0.25, -0.2) is 9.78 Å². The van der Waals surface area contributed by atoms with E-state index in [0.29, 0.717) is 0 Å². The first-order valence-electron chi connectivity index (χ1n) is 6.22. The lowest BCUT2D eigenvalue weighted by molar-refractivity contribution is -0.131. The van der Waals surface area contributed by atoms with Crippen LogP contribution in [0.25, 0.3) is 6.08 Å². The Kier molecular flexibility index (Phi) is 6.01. The molecule has 0 aromatic carbocycles. The van der Waals surface area contributed by atoms with Crippen molar-refractivity contribution in [2.75, 3.05) is 13.1 Å². The molecule has 4 nitrogen and oxygen atoms in total. The minimum atomic E-state index is -0.921. The fraction of sp³-hybridized carbons (Fsp3) is 0.538. The van der Waals surface area contributed by atoms with Gasteiger partial charge in [0.05, 0.1) is 17.1 Å². The quantitative estimate of drug-likeness (QED) is 0.772. The number of aryl methyl sites for hydroxylation is 1. The monoisotopic (exact) mass is 268 g/mol. The van der Waals surface area contributed by atoms with E-state index in [0.717, 1.165) is 41.6 Å². The van der Waals surface area contributed by atoms with Gasteiger partial charge in [0, 0.05) is 6.08 Å². The van der Waals surface area contributed by atoms with Gasteiger partial charge in [-0.15, -0.1) is 11.3 Å². The first-order chi connectivity index (χ1) is 8.60. The van der Waals surface area contributed by atoms with Crippen LogP contribution in [-0.2, 0) is 17.8 Å². The van der Waals surface area contributed by atoms with Crippen LogP contribution in [0.2, 0.25) is 0 Å². The normalized spacial score (nSPS) is 11.6. The predicted octanol–water partition coefficient (Wildman–Crippen LogP) is 2.65. The van der Waals surface area contributed by atoms with Gasteiger partial charge in [-0.2, -0.15) is 0 Å². The van der Waals surface area contributed by atoms with Gasteiger partial charge in [0.25, 0.3) is 0 Å². The second-order valence-electron chi connectivity index (χ2n) is 3.91. The van der Waals surface area contributed by atoms with Gasteiger partial charge in [-0.3, -0.25) is 4.90 Å². The number of hydrogen-bond acceptors (Lipinski definition) is 4. The van der Waals surface area contributed by atoms with Gasteiger partial charge in [-0.1, -0.05) is 20.8 Å². The van der Waals surface area contributed by atoms with Crippen LogP contribution in [0, 0.1) is 0 Å². The topological polar surface area (TPSA) is 53.4 Å². The van der Waals surface area contributed by atoms with E-state index in [1.54, 1.807) is 17.4 Å². The van der Waals surface area contributed by atoms with Crippen molar-refractivity contribution in [2.45, 2.75) is 33.7 Å². The summed E-state index contributed by atoms with van der Waals surface area (Å²) in [5, 5.41) is 9.71. The average molecular weight is 268 g/mol. The Morgan fingerprint density at radius 1 is 1.39 bits per heavy atom. The molecule has 0 fully saturated rings. The van der Waals surface area contributed by atoms with Crippen molar-refractivity contribution in [1.29, 1.82) is 0 Å². The third-order valence-corrected chi connectivity index (χ3v) is 3.78. The molecule has 0 amide bonds. The molecule has 100 valence electrons. The molecule has 0 bridgehead atoms. The third-order valence-electron chi connectivity index (χ3n) is 2.74. The molecule has 1 N–H and O–H groups in total. The first-order valence-corrected chi connectivity index (χ1v) is 7.04. The van der Waals surface area contributed by atoms with E-state index in [4.69, 9.17) is 5.11 Å². The predicted molar refractivity (Wildman–Crippen MR) is 74.8 cm³/mol. The van der Waals surface area contributed by atoms with E-state index >= 15 is 0 Å². The second kappa shape index (κ2) is 7.28. The standard InChI is InChI=1S/C13H20N2O2S/c1-4-10-11(7-8-13(16)17)18-12(14-10)9-15(5-2)6-3/h7-8H,4-6,9H2,1-3H3,(H,16,17)/b8-7+. The molecule has 5 heteroatoms. The lowest BCUT2D eigenvalue weighted by Gasteiger charge is -2.15. The number of carboxylic acids is 1. The fourth-order valence-corrected chi connectivity index (χ4v) is 2.75. The lowest BCUT2D eigenvalue weighted by Crippen LogP contribution is -2.21. The molecule has 0 saturated carbocycles. The Morgan fingerprint density at radius 3 is 2.56 bits per heavy atom. The van der Waals surface area contributed by atoms with Gasteiger partial charge in [0.2, 0.25) is 0 Å². The zero-order chi connectivity index (χ0) is 13.5. The van der Waals surface area contributed by atoms with Crippen LogP contribution in [0.4, 0.5) is 0 Å². The van der Waals surface area contributed by atoms with Crippen molar-refractivity contribution in [3.63, 3.8) is 0 Å². The summed E-state index contributed by atoms with van der Waals surface area (Å²) in [5.41, 5.74) is 0.986. The molecular weight excluding hydrogens is 248 g/mol. The summed E-state index contributed by atoms with van der Waals surface area (Å²) in [4.78, 5) is 18.4. The van der Waals surface area contributed by atoms with E-state index in [9.17, 15) is 4.79 Å². The van der Waals surface area contributed by atoms with Crippen LogP contribution in [0.3, 0.4) is 0 Å². The van der Waals surface area contributed by atoms with Gasteiger partial charge in [0.15, 0.2) is 0 Å². The van der Waals surface area contributed by atoms with Gasteiger partial charge >= 0.3 is 5.97 Å². The van der Waals surface area contributed by atoms with E-state index < -0.39 is 5.97 Å². The molecule has 0 unspecified atom stereocenters. The average Bonchev–Trinajstić information content (AvgIpc) is 2.75. The maximum atomic E-state index is 10.5. The van der Waals surface area contributed by atoms with Crippen molar-refractivity contribution in [2.24, 2.45) is 0 Å². The molecule has 1 aromatic heterocycles. The minimum Gasteiger partial charge on any atom is -0.478 e. The highest BCUT2D eigenvalue weighted by atomic mass is 32.1. The van der Waals surface area contributed by atoms with Crippen molar-refractivity contribution < 1.29 is 9.90 Å². The summed E-state index contributed by atoms with van der Waals surface area (Å²) in [6.45, 7) is 9.13. The summed E-state index contributed by atoms with van der Waals surface area (Å²) in [7, 11) is 0. The number of nitrogens with zero attached hydrogens (tertiary/aromatic N) is 2. The van der Waals surface area contributed by atoms with Crippen molar-refractivity contribution >= 4 is 23.4 Å².